The molecule has 0 fully saturated rings. The Morgan fingerprint density at radius 3 is 2.36 bits per heavy atom. The lowest BCUT2D eigenvalue weighted by molar-refractivity contribution is -0.147. The summed E-state index contributed by atoms with van der Waals surface area (Å²) in [6.45, 7) is 8.17. The molecule has 80 valence electrons. The summed E-state index contributed by atoms with van der Waals surface area (Å²) in [5, 5.41) is 8.86. The first-order valence-corrected chi connectivity index (χ1v) is 5.09. The molecular formula is C11H19NO2. The van der Waals surface area contributed by atoms with E-state index in [1.165, 1.54) is 0 Å². The van der Waals surface area contributed by atoms with E-state index in [9.17, 15) is 4.79 Å². The third kappa shape index (κ3) is 4.27. The average molecular weight is 197 g/mol. The fourth-order valence-electron chi connectivity index (χ4n) is 1.52. The molecule has 3 heteroatoms. The van der Waals surface area contributed by atoms with Crippen molar-refractivity contribution in [2.24, 2.45) is 17.8 Å². The maximum absolute atomic E-state index is 11.4. The van der Waals surface area contributed by atoms with Crippen molar-refractivity contribution in [2.45, 2.75) is 34.1 Å². The standard InChI is InChI=1S/C11H19NO2/c1-5-14-11(13)10(7-12)9(4)6-8(2)3/h8-10H,5-6H2,1-4H3/t9-,10-/m0/s1. The van der Waals surface area contributed by atoms with E-state index in [1.54, 1.807) is 6.92 Å². The van der Waals surface area contributed by atoms with Crippen molar-refractivity contribution in [1.29, 1.82) is 5.26 Å². The monoisotopic (exact) mass is 197 g/mol. The van der Waals surface area contributed by atoms with Crippen LogP contribution >= 0.6 is 0 Å². The Bertz CT molecular complexity index is 218. The molecule has 0 amide bonds. The van der Waals surface area contributed by atoms with Crippen LogP contribution in [0.2, 0.25) is 0 Å². The molecule has 0 heterocycles. The van der Waals surface area contributed by atoms with Crippen molar-refractivity contribution in [3.8, 4) is 6.07 Å². The fraction of sp³-hybridized carbons (Fsp3) is 0.818. The third-order valence-electron chi connectivity index (χ3n) is 2.09. The number of nitrogens with zero attached hydrogens (tertiary/aromatic N) is 1. The molecule has 0 aromatic rings. The second-order valence-corrected chi connectivity index (χ2v) is 3.97. The summed E-state index contributed by atoms with van der Waals surface area (Å²) in [6, 6.07) is 2.02. The third-order valence-corrected chi connectivity index (χ3v) is 2.09. The van der Waals surface area contributed by atoms with Gasteiger partial charge in [-0.05, 0) is 25.2 Å². The van der Waals surface area contributed by atoms with E-state index in [0.717, 1.165) is 6.42 Å². The Hall–Kier alpha value is -1.04. The van der Waals surface area contributed by atoms with E-state index >= 15 is 0 Å². The van der Waals surface area contributed by atoms with Crippen LogP contribution in [0.5, 0.6) is 0 Å². The highest BCUT2D eigenvalue weighted by atomic mass is 16.5. The van der Waals surface area contributed by atoms with Gasteiger partial charge in [-0.1, -0.05) is 20.8 Å². The topological polar surface area (TPSA) is 50.1 Å². The van der Waals surface area contributed by atoms with Gasteiger partial charge in [-0.25, -0.2) is 0 Å². The zero-order chi connectivity index (χ0) is 11.1. The summed E-state index contributed by atoms with van der Waals surface area (Å²) in [4.78, 5) is 11.4. The zero-order valence-corrected chi connectivity index (χ0v) is 9.41. The van der Waals surface area contributed by atoms with Crippen LogP contribution in [0.3, 0.4) is 0 Å². The minimum Gasteiger partial charge on any atom is -0.465 e. The molecule has 0 saturated heterocycles. The van der Waals surface area contributed by atoms with Crippen molar-refractivity contribution >= 4 is 5.97 Å². The molecule has 3 nitrogen and oxygen atoms in total. The summed E-state index contributed by atoms with van der Waals surface area (Å²) in [5.41, 5.74) is 0. The van der Waals surface area contributed by atoms with Crippen LogP contribution < -0.4 is 0 Å². The molecular weight excluding hydrogens is 178 g/mol. The molecule has 0 rings (SSSR count). The Labute approximate surface area is 86.1 Å². The van der Waals surface area contributed by atoms with Crippen LogP contribution in [0.4, 0.5) is 0 Å². The first-order valence-electron chi connectivity index (χ1n) is 5.09. The molecule has 0 aromatic carbocycles. The maximum Gasteiger partial charge on any atom is 0.323 e. The first-order chi connectivity index (χ1) is 6.52. The summed E-state index contributed by atoms with van der Waals surface area (Å²) in [5.74, 6) is -0.435. The van der Waals surface area contributed by atoms with Gasteiger partial charge in [-0.3, -0.25) is 4.79 Å². The van der Waals surface area contributed by atoms with Gasteiger partial charge in [0.15, 0.2) is 0 Å². The van der Waals surface area contributed by atoms with Gasteiger partial charge in [0, 0.05) is 0 Å². The molecule has 0 aliphatic carbocycles. The van der Waals surface area contributed by atoms with Crippen molar-refractivity contribution in [3.63, 3.8) is 0 Å². The van der Waals surface area contributed by atoms with E-state index in [-0.39, 0.29) is 11.9 Å². The van der Waals surface area contributed by atoms with Gasteiger partial charge in [0.25, 0.3) is 0 Å². The largest absolute Gasteiger partial charge is 0.465 e. The normalized spacial score (nSPS) is 14.6. The van der Waals surface area contributed by atoms with Gasteiger partial charge >= 0.3 is 5.97 Å². The Kier molecular flexibility index (Phi) is 5.94. The summed E-state index contributed by atoms with van der Waals surface area (Å²) >= 11 is 0. The first kappa shape index (κ1) is 13.0. The molecule has 0 bridgehead atoms. The highest BCUT2D eigenvalue weighted by molar-refractivity contribution is 5.75. The highest BCUT2D eigenvalue weighted by Crippen LogP contribution is 2.20. The number of nitriles is 1. The Morgan fingerprint density at radius 1 is 1.43 bits per heavy atom. The number of rotatable bonds is 5. The molecule has 0 aliphatic heterocycles. The van der Waals surface area contributed by atoms with Gasteiger partial charge in [0.05, 0.1) is 12.7 Å². The molecule has 0 N–H and O–H groups in total. The highest BCUT2D eigenvalue weighted by Gasteiger charge is 2.26. The minimum absolute atomic E-state index is 0.0686. The average Bonchev–Trinajstić information content (AvgIpc) is 2.04. The number of carbonyl (C=O) groups is 1. The predicted molar refractivity (Wildman–Crippen MR) is 54.4 cm³/mol. The van der Waals surface area contributed by atoms with Crippen LogP contribution in [0.15, 0.2) is 0 Å². The summed E-state index contributed by atoms with van der Waals surface area (Å²) in [6.07, 6.45) is 0.872. The number of carbonyl (C=O) groups excluding carboxylic acids is 1. The van der Waals surface area contributed by atoms with E-state index in [4.69, 9.17) is 10.00 Å². The number of hydrogen-bond acceptors (Lipinski definition) is 3. The molecule has 14 heavy (non-hydrogen) atoms. The van der Waals surface area contributed by atoms with Gasteiger partial charge < -0.3 is 4.74 Å². The van der Waals surface area contributed by atoms with E-state index < -0.39 is 5.92 Å². The second kappa shape index (κ2) is 6.42. The number of hydrogen-bond donors (Lipinski definition) is 0. The fourth-order valence-corrected chi connectivity index (χ4v) is 1.52. The quantitative estimate of drug-likeness (QED) is 0.636. The molecule has 0 unspecified atom stereocenters. The SMILES string of the molecule is CCOC(=O)[C@@H](C#N)[C@@H](C)CC(C)C. The minimum atomic E-state index is -0.614. The summed E-state index contributed by atoms with van der Waals surface area (Å²) < 4.78 is 4.84. The number of ether oxygens (including phenoxy) is 1. The van der Waals surface area contributed by atoms with E-state index in [0.29, 0.717) is 12.5 Å². The van der Waals surface area contributed by atoms with Crippen LogP contribution in [-0.4, -0.2) is 12.6 Å². The van der Waals surface area contributed by atoms with Gasteiger partial charge in [-0.15, -0.1) is 0 Å². The Morgan fingerprint density at radius 2 is 2.00 bits per heavy atom. The van der Waals surface area contributed by atoms with E-state index in [2.05, 4.69) is 13.8 Å². The molecule has 2 atom stereocenters. The molecule has 0 aromatic heterocycles. The van der Waals surface area contributed by atoms with Crippen molar-refractivity contribution < 1.29 is 9.53 Å². The lowest BCUT2D eigenvalue weighted by Gasteiger charge is -2.17. The Balaban J connectivity index is 4.26. The van der Waals surface area contributed by atoms with Crippen LogP contribution in [0.25, 0.3) is 0 Å². The van der Waals surface area contributed by atoms with Crippen molar-refractivity contribution in [1.82, 2.24) is 0 Å². The summed E-state index contributed by atoms with van der Waals surface area (Å²) in [7, 11) is 0. The smallest absolute Gasteiger partial charge is 0.323 e. The number of esters is 1. The van der Waals surface area contributed by atoms with Crippen molar-refractivity contribution in [2.75, 3.05) is 6.61 Å². The lowest BCUT2D eigenvalue weighted by atomic mass is 9.88. The van der Waals surface area contributed by atoms with Gasteiger partial charge in [0.2, 0.25) is 0 Å². The van der Waals surface area contributed by atoms with E-state index in [1.807, 2.05) is 13.0 Å². The van der Waals surface area contributed by atoms with Crippen LogP contribution in [0, 0.1) is 29.1 Å². The molecule has 0 saturated carbocycles. The van der Waals surface area contributed by atoms with Crippen LogP contribution in [0.1, 0.15) is 34.1 Å². The predicted octanol–water partition coefficient (Wildman–Crippen LogP) is 2.37. The van der Waals surface area contributed by atoms with Gasteiger partial charge in [0.1, 0.15) is 5.92 Å². The van der Waals surface area contributed by atoms with Crippen molar-refractivity contribution in [3.05, 3.63) is 0 Å². The lowest BCUT2D eigenvalue weighted by Crippen LogP contribution is -2.23. The van der Waals surface area contributed by atoms with Crippen LogP contribution in [-0.2, 0) is 9.53 Å². The molecule has 0 spiro atoms. The van der Waals surface area contributed by atoms with Gasteiger partial charge in [-0.2, -0.15) is 5.26 Å². The maximum atomic E-state index is 11.4. The molecule has 0 radical (unpaired) electrons. The zero-order valence-electron chi connectivity index (χ0n) is 9.41. The molecule has 0 aliphatic rings. The second-order valence-electron chi connectivity index (χ2n) is 3.97.